The van der Waals surface area contributed by atoms with Gasteiger partial charge >= 0.3 is 0 Å². The number of benzene rings is 2. The fourth-order valence-corrected chi connectivity index (χ4v) is 11.0. The van der Waals surface area contributed by atoms with E-state index in [0.29, 0.717) is 25.2 Å². The molecule has 2 aliphatic heterocycles. The van der Waals surface area contributed by atoms with Gasteiger partial charge in [0.25, 0.3) is 11.8 Å². The Balaban J connectivity index is 0.000000196. The molecule has 0 spiro atoms. The third-order valence-electron chi connectivity index (χ3n) is 14.4. The Hall–Kier alpha value is -5.32. The van der Waals surface area contributed by atoms with Gasteiger partial charge < -0.3 is 30.6 Å². The summed E-state index contributed by atoms with van der Waals surface area (Å²) in [6.45, 7) is 15.3. The maximum atomic E-state index is 13.4. The monoisotopic (exact) mass is 895 g/mol. The highest BCUT2D eigenvalue weighted by Crippen LogP contribution is 2.34. The highest BCUT2D eigenvalue weighted by atomic mass is 16.3. The summed E-state index contributed by atoms with van der Waals surface area (Å²) in [6, 6.07) is 17.4. The van der Waals surface area contributed by atoms with Gasteiger partial charge in [0.15, 0.2) is 0 Å². The van der Waals surface area contributed by atoms with E-state index in [2.05, 4.69) is 92.8 Å². The van der Waals surface area contributed by atoms with Gasteiger partial charge in [-0.3, -0.25) is 19.6 Å². The Morgan fingerprint density at radius 1 is 0.561 bits per heavy atom. The molecular formula is C56H74N6O4. The van der Waals surface area contributed by atoms with Crippen LogP contribution in [0.3, 0.4) is 0 Å². The minimum absolute atomic E-state index is 0.0260. The molecule has 2 aromatic heterocycles. The van der Waals surface area contributed by atoms with Crippen molar-refractivity contribution in [2.45, 2.75) is 169 Å². The number of allylic oxidation sites excluding steroid dienone is 4. The number of aryl methyl sites for hydroxylation is 6. The summed E-state index contributed by atoms with van der Waals surface area (Å²) >= 11 is 0. The van der Waals surface area contributed by atoms with E-state index in [4.69, 9.17) is 0 Å². The number of rotatable bonds is 6. The first-order chi connectivity index (χ1) is 31.9. The van der Waals surface area contributed by atoms with Crippen LogP contribution in [0.25, 0.3) is 0 Å². The second-order valence-corrected chi connectivity index (χ2v) is 18.9. The lowest BCUT2D eigenvalue weighted by Crippen LogP contribution is -2.40. The molecule has 0 bridgehead atoms. The number of carbonyl (C=O) groups is 2. The summed E-state index contributed by atoms with van der Waals surface area (Å²) < 4.78 is 0. The van der Waals surface area contributed by atoms with Crippen LogP contribution in [0.2, 0.25) is 0 Å². The number of nitrogens with zero attached hydrogens (tertiary/aromatic N) is 4. The van der Waals surface area contributed by atoms with Crippen LogP contribution in [0.5, 0.6) is 0 Å². The minimum atomic E-state index is -0.172. The molecule has 2 amide bonds. The highest BCUT2D eigenvalue weighted by molar-refractivity contribution is 5.98. The van der Waals surface area contributed by atoms with Crippen LogP contribution >= 0.6 is 0 Å². The number of hydrogen-bond acceptors (Lipinski definition) is 8. The van der Waals surface area contributed by atoms with E-state index >= 15 is 0 Å². The SMILES string of the molecule is CCN(c1cccc2c1C/C=C/CCc1cc(C)nc(C)c1CNC2=O)C1CCC(O)CC1.CCN(c1cccc2c1C/C=C/CCc1cc(C)nc(C)c1CNC2=O)C1CCC(O)CC1. The topological polar surface area (TPSA) is 131 Å². The standard InChI is InChI=1S/2C28H37N3O2/c2*1-4-31(22-13-15-23(32)16-14-22)27-12-8-11-25-24(27)10-7-5-6-9-21-17-19(2)30-20(3)26(21)18-29-28(25)33/h2*5,7-8,11-12,17,22-23,32H,4,6,9-10,13-16,18H2,1-3H3,(H,29,33)/b2*7-5+. The van der Waals surface area contributed by atoms with E-state index in [-0.39, 0.29) is 24.0 Å². The molecule has 66 heavy (non-hydrogen) atoms. The molecule has 2 saturated carbocycles. The number of aromatic nitrogens is 2. The lowest BCUT2D eigenvalue weighted by molar-refractivity contribution is 0.0941. The van der Waals surface area contributed by atoms with Crippen molar-refractivity contribution in [3.8, 4) is 0 Å². The second-order valence-electron chi connectivity index (χ2n) is 18.9. The fourth-order valence-electron chi connectivity index (χ4n) is 11.0. The number of pyridine rings is 2. The Labute approximate surface area is 394 Å². The van der Waals surface area contributed by atoms with Crippen LogP contribution in [0, 0.1) is 27.7 Å². The molecule has 10 heteroatoms. The number of aliphatic hydroxyl groups excluding tert-OH is 2. The average molecular weight is 895 g/mol. The van der Waals surface area contributed by atoms with Crippen molar-refractivity contribution in [3.63, 3.8) is 0 Å². The Morgan fingerprint density at radius 2 is 0.955 bits per heavy atom. The third-order valence-corrected chi connectivity index (χ3v) is 14.4. The van der Waals surface area contributed by atoms with E-state index < -0.39 is 0 Å². The van der Waals surface area contributed by atoms with Crippen molar-refractivity contribution in [2.75, 3.05) is 22.9 Å². The third kappa shape index (κ3) is 11.8. The number of nitrogens with one attached hydrogen (secondary N) is 2. The summed E-state index contributed by atoms with van der Waals surface area (Å²) in [7, 11) is 0. The van der Waals surface area contributed by atoms with Crippen molar-refractivity contribution in [1.29, 1.82) is 0 Å². The minimum Gasteiger partial charge on any atom is -0.393 e. The number of anilines is 2. The van der Waals surface area contributed by atoms with E-state index in [1.165, 1.54) is 11.1 Å². The lowest BCUT2D eigenvalue weighted by Gasteiger charge is -2.38. The van der Waals surface area contributed by atoms with Gasteiger partial charge in [-0.1, -0.05) is 36.4 Å². The Kier molecular flexibility index (Phi) is 16.9. The molecule has 4 aliphatic rings. The molecule has 8 rings (SSSR count). The quantitative estimate of drug-likeness (QED) is 0.141. The molecule has 0 atom stereocenters. The molecule has 352 valence electrons. The predicted octanol–water partition coefficient (Wildman–Crippen LogP) is 9.61. The zero-order valence-electron chi connectivity index (χ0n) is 40.5. The van der Waals surface area contributed by atoms with Gasteiger partial charge in [0, 0.05) is 83.5 Å². The summed E-state index contributed by atoms with van der Waals surface area (Å²) in [5.74, 6) is -0.0521. The van der Waals surface area contributed by atoms with Crippen molar-refractivity contribution in [2.24, 2.45) is 0 Å². The predicted molar refractivity (Wildman–Crippen MR) is 268 cm³/mol. The number of aliphatic hydroxyl groups is 2. The van der Waals surface area contributed by atoms with Crippen LogP contribution in [0.4, 0.5) is 11.4 Å². The first kappa shape index (κ1) is 48.6. The van der Waals surface area contributed by atoms with Gasteiger partial charge in [-0.2, -0.15) is 0 Å². The van der Waals surface area contributed by atoms with Gasteiger partial charge in [0.2, 0.25) is 0 Å². The highest BCUT2D eigenvalue weighted by Gasteiger charge is 2.29. The molecule has 4 N–H and O–H groups in total. The maximum absolute atomic E-state index is 13.4. The molecule has 4 aromatic rings. The molecular weight excluding hydrogens is 821 g/mol. The van der Waals surface area contributed by atoms with Crippen LogP contribution in [-0.2, 0) is 38.8 Å². The molecule has 10 nitrogen and oxygen atoms in total. The summed E-state index contributed by atoms with van der Waals surface area (Å²) in [5.41, 5.74) is 14.9. The van der Waals surface area contributed by atoms with Gasteiger partial charge in [-0.05, 0) is 201 Å². The largest absolute Gasteiger partial charge is 0.393 e. The van der Waals surface area contributed by atoms with Crippen LogP contribution < -0.4 is 20.4 Å². The summed E-state index contributed by atoms with van der Waals surface area (Å²) in [6.07, 6.45) is 21.3. The van der Waals surface area contributed by atoms with Gasteiger partial charge in [-0.15, -0.1) is 0 Å². The summed E-state index contributed by atoms with van der Waals surface area (Å²) in [4.78, 5) is 40.9. The number of hydrogen-bond donors (Lipinski definition) is 4. The summed E-state index contributed by atoms with van der Waals surface area (Å²) in [5, 5.41) is 26.3. The van der Waals surface area contributed by atoms with Gasteiger partial charge in [0.05, 0.1) is 12.2 Å². The second kappa shape index (κ2) is 22.9. The van der Waals surface area contributed by atoms with E-state index in [9.17, 15) is 19.8 Å². The van der Waals surface area contributed by atoms with Crippen molar-refractivity contribution < 1.29 is 19.8 Å². The lowest BCUT2D eigenvalue weighted by atomic mass is 9.90. The first-order valence-electron chi connectivity index (χ1n) is 24.9. The smallest absolute Gasteiger partial charge is 0.251 e. The molecule has 2 aromatic carbocycles. The van der Waals surface area contributed by atoms with E-state index in [1.54, 1.807) is 0 Å². The maximum Gasteiger partial charge on any atom is 0.251 e. The first-order valence-corrected chi connectivity index (χ1v) is 24.9. The zero-order chi connectivity index (χ0) is 46.7. The number of carbonyl (C=O) groups excluding carboxylic acids is 2. The van der Waals surface area contributed by atoms with E-state index in [0.717, 1.165) is 171 Å². The molecule has 2 aliphatic carbocycles. The van der Waals surface area contributed by atoms with E-state index in [1.807, 2.05) is 52.0 Å². The van der Waals surface area contributed by atoms with Crippen LogP contribution in [0.1, 0.15) is 155 Å². The van der Waals surface area contributed by atoms with Gasteiger partial charge in [-0.25, -0.2) is 0 Å². The van der Waals surface area contributed by atoms with Crippen molar-refractivity contribution in [3.05, 3.63) is 140 Å². The molecule has 2 fully saturated rings. The number of fused-ring (bicyclic) bond motifs is 4. The van der Waals surface area contributed by atoms with Crippen molar-refractivity contribution in [1.82, 2.24) is 20.6 Å². The average Bonchev–Trinajstić information content (AvgIpc) is 3.29. The normalized spacial score (nSPS) is 22.2. The molecule has 0 unspecified atom stereocenters. The Morgan fingerprint density at radius 3 is 1.33 bits per heavy atom. The van der Waals surface area contributed by atoms with Crippen LogP contribution in [0.15, 0.2) is 72.8 Å². The molecule has 0 saturated heterocycles. The number of amides is 2. The van der Waals surface area contributed by atoms with Gasteiger partial charge in [0.1, 0.15) is 0 Å². The Bertz CT molecular complexity index is 2210. The fraction of sp³-hybridized carbons (Fsp3) is 0.500. The molecule has 0 radical (unpaired) electrons. The van der Waals surface area contributed by atoms with Crippen molar-refractivity contribution >= 4 is 23.2 Å². The van der Waals surface area contributed by atoms with Crippen LogP contribution in [-0.4, -0.2) is 69.4 Å². The zero-order valence-corrected chi connectivity index (χ0v) is 40.5. The molecule has 4 heterocycles.